The van der Waals surface area contributed by atoms with Gasteiger partial charge in [-0.3, -0.25) is 0 Å². The lowest BCUT2D eigenvalue weighted by molar-refractivity contribution is -0.0439. The highest BCUT2D eigenvalue weighted by atomic mass is 16.5. The van der Waals surface area contributed by atoms with Crippen molar-refractivity contribution < 1.29 is 4.74 Å². The van der Waals surface area contributed by atoms with Gasteiger partial charge in [0.05, 0.1) is 11.7 Å². The molecule has 2 heteroatoms. The fourth-order valence-corrected chi connectivity index (χ4v) is 4.37. The molecule has 3 aliphatic rings. The molecule has 3 atom stereocenters. The van der Waals surface area contributed by atoms with Gasteiger partial charge in [0.1, 0.15) is 0 Å². The van der Waals surface area contributed by atoms with Crippen molar-refractivity contribution in [2.45, 2.75) is 82.0 Å². The molecule has 0 aromatic carbocycles. The molecule has 2 aliphatic carbocycles. The van der Waals surface area contributed by atoms with Crippen LogP contribution in [0.2, 0.25) is 0 Å². The van der Waals surface area contributed by atoms with Crippen molar-refractivity contribution >= 4 is 0 Å². The van der Waals surface area contributed by atoms with Gasteiger partial charge in [-0.15, -0.1) is 0 Å². The van der Waals surface area contributed by atoms with Crippen molar-refractivity contribution in [2.75, 3.05) is 7.05 Å². The molecule has 0 aromatic heterocycles. The van der Waals surface area contributed by atoms with Crippen LogP contribution in [-0.4, -0.2) is 24.8 Å². The summed E-state index contributed by atoms with van der Waals surface area (Å²) >= 11 is 0. The minimum absolute atomic E-state index is 0.339. The van der Waals surface area contributed by atoms with E-state index in [2.05, 4.69) is 12.4 Å². The summed E-state index contributed by atoms with van der Waals surface area (Å²) in [4.78, 5) is 0. The predicted octanol–water partition coefficient (Wildman–Crippen LogP) is 3.26. The molecule has 1 saturated heterocycles. The summed E-state index contributed by atoms with van der Waals surface area (Å²) in [6.07, 6.45) is 14.3. The standard InChI is InChI=1S/C15H27NO/c1-16-13-5-4-12(10-13)11-14-6-9-15(17-14)7-2-3-8-15/h12-14,16H,2-11H2,1H3. The number of ether oxygens (including phenoxy) is 1. The van der Waals surface area contributed by atoms with Crippen LogP contribution in [0.3, 0.4) is 0 Å². The Morgan fingerprint density at radius 2 is 1.94 bits per heavy atom. The second-order valence-corrected chi connectivity index (χ2v) is 6.57. The molecule has 3 rings (SSSR count). The van der Waals surface area contributed by atoms with Gasteiger partial charge in [-0.2, -0.15) is 0 Å². The van der Waals surface area contributed by atoms with E-state index in [0.29, 0.717) is 11.7 Å². The maximum absolute atomic E-state index is 6.42. The number of hydrogen-bond donors (Lipinski definition) is 1. The molecule has 2 nitrogen and oxygen atoms in total. The van der Waals surface area contributed by atoms with E-state index in [1.165, 1.54) is 64.2 Å². The molecule has 0 amide bonds. The first-order valence-electron chi connectivity index (χ1n) is 7.65. The largest absolute Gasteiger partial charge is 0.372 e. The Labute approximate surface area is 105 Å². The van der Waals surface area contributed by atoms with E-state index in [0.717, 1.165) is 12.0 Å². The van der Waals surface area contributed by atoms with Crippen LogP contribution in [0.15, 0.2) is 0 Å². The summed E-state index contributed by atoms with van der Waals surface area (Å²) in [6.45, 7) is 0. The molecule has 17 heavy (non-hydrogen) atoms. The Hall–Kier alpha value is -0.0800. The fourth-order valence-electron chi connectivity index (χ4n) is 4.37. The van der Waals surface area contributed by atoms with E-state index in [1.54, 1.807) is 0 Å². The molecule has 0 bridgehead atoms. The molecule has 1 aliphatic heterocycles. The van der Waals surface area contributed by atoms with Crippen molar-refractivity contribution in [2.24, 2.45) is 5.92 Å². The lowest BCUT2D eigenvalue weighted by atomic mass is 9.95. The third-order valence-corrected chi connectivity index (χ3v) is 5.40. The van der Waals surface area contributed by atoms with Gasteiger partial charge in [0.25, 0.3) is 0 Å². The smallest absolute Gasteiger partial charge is 0.0687 e. The summed E-state index contributed by atoms with van der Waals surface area (Å²) in [6, 6.07) is 0.779. The monoisotopic (exact) mass is 237 g/mol. The molecular weight excluding hydrogens is 210 g/mol. The van der Waals surface area contributed by atoms with Gasteiger partial charge < -0.3 is 10.1 Å². The molecule has 2 saturated carbocycles. The van der Waals surface area contributed by atoms with Crippen LogP contribution in [0.1, 0.15) is 64.2 Å². The molecule has 1 N–H and O–H groups in total. The van der Waals surface area contributed by atoms with Crippen LogP contribution < -0.4 is 5.32 Å². The highest BCUT2D eigenvalue weighted by Crippen LogP contribution is 2.45. The topological polar surface area (TPSA) is 21.3 Å². The van der Waals surface area contributed by atoms with E-state index < -0.39 is 0 Å². The lowest BCUT2D eigenvalue weighted by Gasteiger charge is -2.25. The van der Waals surface area contributed by atoms with Crippen LogP contribution in [0.5, 0.6) is 0 Å². The normalized spacial score (nSPS) is 40.4. The minimum atomic E-state index is 0.339. The van der Waals surface area contributed by atoms with Crippen molar-refractivity contribution in [1.82, 2.24) is 5.32 Å². The fraction of sp³-hybridized carbons (Fsp3) is 1.00. The lowest BCUT2D eigenvalue weighted by Crippen LogP contribution is -2.26. The average Bonchev–Trinajstić information content (AvgIpc) is 3.03. The van der Waals surface area contributed by atoms with Crippen molar-refractivity contribution in [3.8, 4) is 0 Å². The van der Waals surface area contributed by atoms with Crippen molar-refractivity contribution in [3.63, 3.8) is 0 Å². The molecule has 1 spiro atoms. The zero-order valence-electron chi connectivity index (χ0n) is 11.2. The molecule has 3 unspecified atom stereocenters. The second kappa shape index (κ2) is 4.89. The van der Waals surface area contributed by atoms with Crippen LogP contribution in [0, 0.1) is 5.92 Å². The van der Waals surface area contributed by atoms with Crippen molar-refractivity contribution in [1.29, 1.82) is 0 Å². The SMILES string of the molecule is CNC1CCC(CC2CCC3(CCCC3)O2)C1. The van der Waals surface area contributed by atoms with Gasteiger partial charge in [0.15, 0.2) is 0 Å². The zero-order valence-corrected chi connectivity index (χ0v) is 11.2. The van der Waals surface area contributed by atoms with Gasteiger partial charge in [0.2, 0.25) is 0 Å². The molecule has 3 fully saturated rings. The zero-order chi connectivity index (χ0) is 11.7. The van der Waals surface area contributed by atoms with Crippen LogP contribution in [-0.2, 0) is 4.74 Å². The third kappa shape index (κ3) is 2.53. The Balaban J connectivity index is 1.47. The van der Waals surface area contributed by atoms with E-state index in [1.807, 2.05) is 0 Å². The Kier molecular flexibility index (Phi) is 3.45. The second-order valence-electron chi connectivity index (χ2n) is 6.57. The highest BCUT2D eigenvalue weighted by molar-refractivity contribution is 4.94. The van der Waals surface area contributed by atoms with E-state index in [-0.39, 0.29) is 0 Å². The van der Waals surface area contributed by atoms with Crippen molar-refractivity contribution in [3.05, 3.63) is 0 Å². The van der Waals surface area contributed by atoms with Gasteiger partial charge in [0, 0.05) is 6.04 Å². The van der Waals surface area contributed by atoms with E-state index >= 15 is 0 Å². The first-order valence-corrected chi connectivity index (χ1v) is 7.65. The number of nitrogens with one attached hydrogen (secondary N) is 1. The Morgan fingerprint density at radius 1 is 1.12 bits per heavy atom. The summed E-state index contributed by atoms with van der Waals surface area (Å²) in [5, 5.41) is 3.43. The third-order valence-electron chi connectivity index (χ3n) is 5.40. The Morgan fingerprint density at radius 3 is 2.65 bits per heavy atom. The summed E-state index contributed by atoms with van der Waals surface area (Å²) in [7, 11) is 2.10. The summed E-state index contributed by atoms with van der Waals surface area (Å²) < 4.78 is 6.42. The quantitative estimate of drug-likeness (QED) is 0.813. The van der Waals surface area contributed by atoms with Gasteiger partial charge in [-0.05, 0) is 64.3 Å². The minimum Gasteiger partial charge on any atom is -0.372 e. The Bertz CT molecular complexity index is 260. The molecular formula is C15H27NO. The summed E-state index contributed by atoms with van der Waals surface area (Å²) in [5.41, 5.74) is 0.339. The molecule has 0 radical (unpaired) electrons. The van der Waals surface area contributed by atoms with Crippen LogP contribution in [0.4, 0.5) is 0 Å². The van der Waals surface area contributed by atoms with Gasteiger partial charge in [-0.25, -0.2) is 0 Å². The van der Waals surface area contributed by atoms with Gasteiger partial charge >= 0.3 is 0 Å². The van der Waals surface area contributed by atoms with E-state index in [4.69, 9.17) is 4.74 Å². The maximum Gasteiger partial charge on any atom is 0.0687 e. The molecule has 98 valence electrons. The predicted molar refractivity (Wildman–Crippen MR) is 70.1 cm³/mol. The number of hydrogen-bond acceptors (Lipinski definition) is 2. The van der Waals surface area contributed by atoms with Crippen LogP contribution in [0.25, 0.3) is 0 Å². The maximum atomic E-state index is 6.42. The first kappa shape index (κ1) is 12.0. The first-order chi connectivity index (χ1) is 8.30. The van der Waals surface area contributed by atoms with Gasteiger partial charge in [-0.1, -0.05) is 12.8 Å². The number of rotatable bonds is 3. The van der Waals surface area contributed by atoms with Crippen LogP contribution >= 0.6 is 0 Å². The molecule has 1 heterocycles. The highest BCUT2D eigenvalue weighted by Gasteiger charge is 2.42. The average molecular weight is 237 g/mol. The molecule has 0 aromatic rings. The summed E-state index contributed by atoms with van der Waals surface area (Å²) in [5.74, 6) is 0.925. The van der Waals surface area contributed by atoms with E-state index in [9.17, 15) is 0 Å².